The number of halogens is 1. The zero-order chi connectivity index (χ0) is 15.2. The molecule has 0 amide bonds. The van der Waals surface area contributed by atoms with Crippen LogP contribution in [0.5, 0.6) is 0 Å². The van der Waals surface area contributed by atoms with Gasteiger partial charge in [-0.05, 0) is 69.0 Å². The minimum absolute atomic E-state index is 0.149. The van der Waals surface area contributed by atoms with Crippen LogP contribution < -0.4 is 5.32 Å². The molecule has 2 aromatic carbocycles. The molecule has 0 aliphatic carbocycles. The Morgan fingerprint density at radius 3 is 2.43 bits per heavy atom. The van der Waals surface area contributed by atoms with Gasteiger partial charge in [0.25, 0.3) is 0 Å². The van der Waals surface area contributed by atoms with Crippen LogP contribution in [0.2, 0.25) is 0 Å². The molecule has 0 aromatic heterocycles. The monoisotopic (exact) mass is 285 g/mol. The summed E-state index contributed by atoms with van der Waals surface area (Å²) in [5, 5.41) is 3.36. The van der Waals surface area contributed by atoms with Gasteiger partial charge >= 0.3 is 0 Å². The van der Waals surface area contributed by atoms with E-state index in [2.05, 4.69) is 36.5 Å². The molecule has 1 atom stereocenters. The molecular formula is C19H24FN. The molecule has 0 aliphatic rings. The molecule has 0 spiro atoms. The summed E-state index contributed by atoms with van der Waals surface area (Å²) in [6, 6.07) is 14.1. The van der Waals surface area contributed by atoms with E-state index >= 15 is 0 Å². The van der Waals surface area contributed by atoms with Crippen LogP contribution in [0.25, 0.3) is 0 Å². The highest BCUT2D eigenvalue weighted by atomic mass is 19.1. The average Bonchev–Trinajstić information content (AvgIpc) is 2.48. The number of hydrogen-bond donors (Lipinski definition) is 1. The van der Waals surface area contributed by atoms with Gasteiger partial charge in [-0.2, -0.15) is 0 Å². The van der Waals surface area contributed by atoms with Crippen molar-refractivity contribution in [2.24, 2.45) is 0 Å². The summed E-state index contributed by atoms with van der Waals surface area (Å²) in [6.45, 7) is 4.15. The van der Waals surface area contributed by atoms with Crippen molar-refractivity contribution < 1.29 is 4.39 Å². The van der Waals surface area contributed by atoms with Crippen molar-refractivity contribution in [3.63, 3.8) is 0 Å². The Balaban J connectivity index is 1.96. The largest absolute Gasteiger partial charge is 0.317 e. The van der Waals surface area contributed by atoms with Gasteiger partial charge in [0.15, 0.2) is 0 Å². The van der Waals surface area contributed by atoms with Crippen molar-refractivity contribution in [1.29, 1.82) is 0 Å². The van der Waals surface area contributed by atoms with E-state index in [0.717, 1.165) is 30.4 Å². The first kappa shape index (κ1) is 15.7. The third kappa shape index (κ3) is 4.68. The first-order valence-corrected chi connectivity index (χ1v) is 7.56. The molecule has 0 heterocycles. The molecule has 2 rings (SSSR count). The maximum absolute atomic E-state index is 13.4. The molecule has 1 N–H and O–H groups in total. The molecule has 0 saturated carbocycles. The lowest BCUT2D eigenvalue weighted by Crippen LogP contribution is -2.28. The second-order valence-corrected chi connectivity index (χ2v) is 5.78. The molecule has 0 fully saturated rings. The van der Waals surface area contributed by atoms with Crippen LogP contribution in [-0.2, 0) is 12.8 Å². The fraction of sp³-hybridized carbons (Fsp3) is 0.368. The number of hydrogen-bond acceptors (Lipinski definition) is 1. The lowest BCUT2D eigenvalue weighted by molar-refractivity contribution is 0.517. The van der Waals surface area contributed by atoms with E-state index in [1.54, 1.807) is 6.07 Å². The van der Waals surface area contributed by atoms with Crippen molar-refractivity contribution in [2.75, 3.05) is 7.05 Å². The zero-order valence-electron chi connectivity index (χ0n) is 13.1. The lowest BCUT2D eigenvalue weighted by Gasteiger charge is -2.17. The third-order valence-electron chi connectivity index (χ3n) is 4.09. The van der Waals surface area contributed by atoms with Crippen molar-refractivity contribution >= 4 is 0 Å². The maximum atomic E-state index is 13.4. The van der Waals surface area contributed by atoms with Gasteiger partial charge in [0.2, 0.25) is 0 Å². The van der Waals surface area contributed by atoms with E-state index in [9.17, 15) is 4.39 Å². The summed E-state index contributed by atoms with van der Waals surface area (Å²) < 4.78 is 13.4. The fourth-order valence-corrected chi connectivity index (χ4v) is 2.57. The van der Waals surface area contributed by atoms with Gasteiger partial charge in [-0.25, -0.2) is 4.39 Å². The molecule has 0 bridgehead atoms. The van der Waals surface area contributed by atoms with Crippen LogP contribution in [0.1, 0.15) is 28.7 Å². The molecule has 2 heteroatoms. The predicted octanol–water partition coefficient (Wildman–Crippen LogP) is 4.21. The van der Waals surface area contributed by atoms with Gasteiger partial charge in [0, 0.05) is 6.04 Å². The summed E-state index contributed by atoms with van der Waals surface area (Å²) in [5.41, 5.74) is 4.90. The Labute approximate surface area is 127 Å². The second kappa shape index (κ2) is 7.37. The van der Waals surface area contributed by atoms with Gasteiger partial charge in [0.05, 0.1) is 0 Å². The number of nitrogens with one attached hydrogen (secondary N) is 1. The van der Waals surface area contributed by atoms with Crippen LogP contribution in [0.3, 0.4) is 0 Å². The number of likely N-dealkylation sites (N-methyl/N-ethyl adjacent to an activating group) is 1. The molecular weight excluding hydrogens is 261 g/mol. The first-order valence-electron chi connectivity index (χ1n) is 7.56. The van der Waals surface area contributed by atoms with E-state index in [-0.39, 0.29) is 5.82 Å². The predicted molar refractivity (Wildman–Crippen MR) is 87.2 cm³/mol. The van der Waals surface area contributed by atoms with Crippen molar-refractivity contribution in [3.05, 3.63) is 70.5 Å². The highest BCUT2D eigenvalue weighted by Crippen LogP contribution is 2.15. The number of aryl methyl sites for hydroxylation is 3. The topological polar surface area (TPSA) is 12.0 Å². The lowest BCUT2D eigenvalue weighted by atomic mass is 9.96. The van der Waals surface area contributed by atoms with Gasteiger partial charge in [0.1, 0.15) is 5.82 Å². The van der Waals surface area contributed by atoms with Crippen molar-refractivity contribution in [3.8, 4) is 0 Å². The highest BCUT2D eigenvalue weighted by molar-refractivity contribution is 5.27. The van der Waals surface area contributed by atoms with Crippen molar-refractivity contribution in [1.82, 2.24) is 5.32 Å². The van der Waals surface area contributed by atoms with Crippen LogP contribution in [-0.4, -0.2) is 13.1 Å². The van der Waals surface area contributed by atoms with E-state index < -0.39 is 0 Å². The second-order valence-electron chi connectivity index (χ2n) is 5.78. The minimum atomic E-state index is -0.149. The quantitative estimate of drug-likeness (QED) is 0.838. The van der Waals surface area contributed by atoms with E-state index in [4.69, 9.17) is 0 Å². The van der Waals surface area contributed by atoms with Gasteiger partial charge in [-0.3, -0.25) is 0 Å². The van der Waals surface area contributed by atoms with E-state index in [1.165, 1.54) is 17.2 Å². The van der Waals surface area contributed by atoms with Crippen molar-refractivity contribution in [2.45, 2.75) is 39.2 Å². The Kier molecular flexibility index (Phi) is 5.51. The number of rotatable bonds is 6. The van der Waals surface area contributed by atoms with Crippen LogP contribution in [0.15, 0.2) is 42.5 Å². The van der Waals surface area contributed by atoms with E-state index in [1.807, 2.05) is 20.0 Å². The summed E-state index contributed by atoms with van der Waals surface area (Å²) in [6.07, 6.45) is 2.96. The Morgan fingerprint density at radius 1 is 1.05 bits per heavy atom. The maximum Gasteiger partial charge on any atom is 0.123 e. The van der Waals surface area contributed by atoms with Crippen LogP contribution in [0.4, 0.5) is 4.39 Å². The summed E-state index contributed by atoms with van der Waals surface area (Å²) >= 11 is 0. The normalized spacial score (nSPS) is 12.4. The molecule has 2 aromatic rings. The molecule has 1 unspecified atom stereocenters. The zero-order valence-corrected chi connectivity index (χ0v) is 13.1. The summed E-state index contributed by atoms with van der Waals surface area (Å²) in [7, 11) is 1.98. The molecule has 0 saturated heterocycles. The van der Waals surface area contributed by atoms with Crippen LogP contribution >= 0.6 is 0 Å². The van der Waals surface area contributed by atoms with Gasteiger partial charge in [-0.15, -0.1) is 0 Å². The molecule has 0 radical (unpaired) electrons. The summed E-state index contributed by atoms with van der Waals surface area (Å²) in [5.74, 6) is -0.149. The standard InChI is InChI=1S/C19H24FN/c1-14-4-7-16(8-5-14)9-11-19(21-3)13-17-12-18(20)10-6-15(17)2/h4-8,10,12,19,21H,9,11,13H2,1-3H3. The Morgan fingerprint density at radius 2 is 1.76 bits per heavy atom. The molecule has 0 aliphatic heterocycles. The first-order chi connectivity index (χ1) is 10.1. The third-order valence-corrected chi connectivity index (χ3v) is 4.09. The van der Waals surface area contributed by atoms with Gasteiger partial charge in [-0.1, -0.05) is 35.9 Å². The molecule has 112 valence electrons. The molecule has 1 nitrogen and oxygen atoms in total. The Hall–Kier alpha value is -1.67. The summed E-state index contributed by atoms with van der Waals surface area (Å²) in [4.78, 5) is 0. The average molecular weight is 285 g/mol. The smallest absolute Gasteiger partial charge is 0.123 e. The van der Waals surface area contributed by atoms with E-state index in [0.29, 0.717) is 6.04 Å². The molecule has 21 heavy (non-hydrogen) atoms. The van der Waals surface area contributed by atoms with Gasteiger partial charge < -0.3 is 5.32 Å². The highest BCUT2D eigenvalue weighted by Gasteiger charge is 2.10. The number of benzene rings is 2. The fourth-order valence-electron chi connectivity index (χ4n) is 2.57. The minimum Gasteiger partial charge on any atom is -0.317 e. The Bertz CT molecular complexity index is 575. The van der Waals surface area contributed by atoms with Crippen LogP contribution in [0, 0.1) is 19.7 Å². The SMILES string of the molecule is CNC(CCc1ccc(C)cc1)Cc1cc(F)ccc1C.